The summed E-state index contributed by atoms with van der Waals surface area (Å²) >= 11 is 11.9. The summed E-state index contributed by atoms with van der Waals surface area (Å²) in [5, 5.41) is 0.382. The maximum atomic E-state index is 13.0. The fourth-order valence-electron chi connectivity index (χ4n) is 2.39. The summed E-state index contributed by atoms with van der Waals surface area (Å²) in [6.45, 7) is 0. The molecule has 0 aliphatic rings. The molecule has 0 aliphatic carbocycles. The van der Waals surface area contributed by atoms with Crippen LogP contribution in [-0.4, -0.2) is 22.6 Å². The minimum atomic E-state index is -0.564. The molecule has 3 aromatic rings. The largest absolute Gasteiger partial charge is 0.495 e. The molecule has 0 bridgehead atoms. The standard InChI is InChI=1S/C16H10Br2N2O3S/c1-23-13-10(6-8(17)7-11(13)18)15(22)20-14(21)9-4-2-3-5-12(9)19-16(20)24/h2-7H,1H3,(H,19,24). The van der Waals surface area contributed by atoms with Crippen LogP contribution in [0.1, 0.15) is 10.4 Å². The van der Waals surface area contributed by atoms with Gasteiger partial charge in [-0.2, -0.15) is 0 Å². The lowest BCUT2D eigenvalue weighted by Gasteiger charge is -2.12. The number of benzene rings is 2. The fourth-order valence-corrected chi connectivity index (χ4v) is 4.06. The number of ether oxygens (including phenoxy) is 1. The highest BCUT2D eigenvalue weighted by molar-refractivity contribution is 9.11. The van der Waals surface area contributed by atoms with Gasteiger partial charge in [-0.3, -0.25) is 9.59 Å². The van der Waals surface area contributed by atoms with Crippen LogP contribution in [0.4, 0.5) is 0 Å². The monoisotopic (exact) mass is 468 g/mol. The summed E-state index contributed by atoms with van der Waals surface area (Å²) in [4.78, 5) is 28.6. The average Bonchev–Trinajstić information content (AvgIpc) is 2.54. The molecule has 3 rings (SSSR count). The van der Waals surface area contributed by atoms with Crippen LogP contribution in [-0.2, 0) is 0 Å². The van der Waals surface area contributed by atoms with E-state index in [0.29, 0.717) is 25.6 Å². The SMILES string of the molecule is COc1c(Br)cc(Br)cc1C(=O)n1c(=S)[nH]c2ccccc2c1=O. The highest BCUT2D eigenvalue weighted by Crippen LogP contribution is 2.33. The molecule has 2 aromatic carbocycles. The third kappa shape index (κ3) is 2.85. The minimum Gasteiger partial charge on any atom is -0.495 e. The number of carbonyl (C=O) groups is 1. The molecule has 1 heterocycles. The Balaban J connectivity index is 2.32. The zero-order valence-electron chi connectivity index (χ0n) is 12.3. The van der Waals surface area contributed by atoms with Crippen molar-refractivity contribution in [2.75, 3.05) is 7.11 Å². The van der Waals surface area contributed by atoms with E-state index in [1.165, 1.54) is 7.11 Å². The van der Waals surface area contributed by atoms with Crippen LogP contribution in [0.3, 0.4) is 0 Å². The number of aromatic amines is 1. The van der Waals surface area contributed by atoms with Crippen LogP contribution in [0, 0.1) is 4.77 Å². The second kappa shape index (κ2) is 6.62. The molecule has 0 aliphatic heterocycles. The third-order valence-electron chi connectivity index (χ3n) is 3.45. The first-order valence-corrected chi connectivity index (χ1v) is 8.75. The Morgan fingerprint density at radius 3 is 2.67 bits per heavy atom. The molecule has 5 nitrogen and oxygen atoms in total. The Hall–Kier alpha value is -1.77. The summed E-state index contributed by atoms with van der Waals surface area (Å²) in [6.07, 6.45) is 0. The lowest BCUT2D eigenvalue weighted by Crippen LogP contribution is -2.29. The second-order valence-corrected chi connectivity index (χ2v) is 7.05. The fraction of sp³-hybridized carbons (Fsp3) is 0.0625. The van der Waals surface area contributed by atoms with Crippen molar-refractivity contribution in [2.24, 2.45) is 0 Å². The van der Waals surface area contributed by atoms with E-state index < -0.39 is 11.5 Å². The molecule has 8 heteroatoms. The van der Waals surface area contributed by atoms with E-state index in [0.717, 1.165) is 4.57 Å². The Bertz CT molecular complexity index is 1090. The molecule has 0 spiro atoms. The summed E-state index contributed by atoms with van der Waals surface area (Å²) < 4.78 is 7.52. The van der Waals surface area contributed by atoms with E-state index in [4.69, 9.17) is 17.0 Å². The zero-order chi connectivity index (χ0) is 17.4. The summed E-state index contributed by atoms with van der Waals surface area (Å²) in [5.41, 5.74) is 0.326. The predicted octanol–water partition coefficient (Wildman–Crippen LogP) is 4.28. The van der Waals surface area contributed by atoms with Crippen molar-refractivity contribution in [2.45, 2.75) is 0 Å². The van der Waals surface area contributed by atoms with Gasteiger partial charge in [-0.1, -0.05) is 28.1 Å². The molecule has 1 N–H and O–H groups in total. The molecular weight excluding hydrogens is 460 g/mol. The Morgan fingerprint density at radius 2 is 1.96 bits per heavy atom. The minimum absolute atomic E-state index is 0.0295. The van der Waals surface area contributed by atoms with Gasteiger partial charge in [0, 0.05) is 4.47 Å². The first-order valence-electron chi connectivity index (χ1n) is 6.76. The van der Waals surface area contributed by atoms with Gasteiger partial charge in [0.15, 0.2) is 4.77 Å². The van der Waals surface area contributed by atoms with E-state index in [9.17, 15) is 9.59 Å². The van der Waals surface area contributed by atoms with Gasteiger partial charge in [-0.25, -0.2) is 4.57 Å². The van der Waals surface area contributed by atoms with Crippen LogP contribution in [0.25, 0.3) is 10.9 Å². The number of hydrogen-bond acceptors (Lipinski definition) is 4. The molecule has 122 valence electrons. The molecule has 0 atom stereocenters. The Morgan fingerprint density at radius 1 is 1.25 bits per heavy atom. The number of H-pyrrole nitrogens is 1. The van der Waals surface area contributed by atoms with E-state index in [-0.39, 0.29) is 10.3 Å². The molecule has 0 saturated carbocycles. The van der Waals surface area contributed by atoms with E-state index in [1.54, 1.807) is 36.4 Å². The van der Waals surface area contributed by atoms with Gasteiger partial charge in [0.2, 0.25) is 0 Å². The number of hydrogen-bond donors (Lipinski definition) is 1. The molecule has 0 unspecified atom stereocenters. The molecule has 0 saturated heterocycles. The highest BCUT2D eigenvalue weighted by Gasteiger charge is 2.21. The van der Waals surface area contributed by atoms with Crippen LogP contribution in [0.2, 0.25) is 0 Å². The number of fused-ring (bicyclic) bond motifs is 1. The van der Waals surface area contributed by atoms with Crippen LogP contribution >= 0.6 is 44.1 Å². The van der Waals surface area contributed by atoms with Crippen molar-refractivity contribution < 1.29 is 9.53 Å². The van der Waals surface area contributed by atoms with Gasteiger partial charge in [-0.05, 0) is 52.4 Å². The van der Waals surface area contributed by atoms with Gasteiger partial charge in [0.1, 0.15) is 5.75 Å². The van der Waals surface area contributed by atoms with Crippen molar-refractivity contribution in [1.29, 1.82) is 0 Å². The number of nitrogens with zero attached hydrogens (tertiary/aromatic N) is 1. The van der Waals surface area contributed by atoms with Crippen molar-refractivity contribution in [3.8, 4) is 5.75 Å². The molecular formula is C16H10Br2N2O3S. The van der Waals surface area contributed by atoms with Gasteiger partial charge in [0.25, 0.3) is 11.5 Å². The van der Waals surface area contributed by atoms with Crippen LogP contribution < -0.4 is 10.3 Å². The average molecular weight is 470 g/mol. The van der Waals surface area contributed by atoms with E-state index >= 15 is 0 Å². The van der Waals surface area contributed by atoms with Crippen molar-refractivity contribution in [3.63, 3.8) is 0 Å². The summed E-state index contributed by atoms with van der Waals surface area (Å²) in [5.74, 6) is -0.233. The van der Waals surface area contributed by atoms with Gasteiger partial charge in [-0.15, -0.1) is 0 Å². The maximum absolute atomic E-state index is 13.0. The smallest absolute Gasteiger partial charge is 0.271 e. The number of para-hydroxylation sites is 1. The number of rotatable bonds is 2. The first kappa shape index (κ1) is 17.1. The quantitative estimate of drug-likeness (QED) is 0.569. The van der Waals surface area contributed by atoms with Crippen molar-refractivity contribution in [3.05, 3.63) is 66.0 Å². The number of methoxy groups -OCH3 is 1. The molecule has 0 fully saturated rings. The number of carbonyl (C=O) groups excluding carboxylic acids is 1. The molecule has 24 heavy (non-hydrogen) atoms. The molecule has 0 radical (unpaired) electrons. The van der Waals surface area contributed by atoms with E-state index in [2.05, 4.69) is 36.8 Å². The summed E-state index contributed by atoms with van der Waals surface area (Å²) in [6, 6.07) is 10.2. The topological polar surface area (TPSA) is 64.1 Å². The lowest BCUT2D eigenvalue weighted by atomic mass is 10.2. The zero-order valence-corrected chi connectivity index (χ0v) is 16.3. The number of nitrogens with one attached hydrogen (secondary N) is 1. The highest BCUT2D eigenvalue weighted by atomic mass is 79.9. The van der Waals surface area contributed by atoms with Gasteiger partial charge >= 0.3 is 0 Å². The lowest BCUT2D eigenvalue weighted by molar-refractivity contribution is 0.0950. The second-order valence-electron chi connectivity index (χ2n) is 4.89. The van der Waals surface area contributed by atoms with Crippen molar-refractivity contribution >= 4 is 60.9 Å². The normalized spacial score (nSPS) is 10.8. The predicted molar refractivity (Wildman–Crippen MR) is 102 cm³/mol. The van der Waals surface area contributed by atoms with E-state index in [1.807, 2.05) is 0 Å². The Kier molecular flexibility index (Phi) is 4.71. The van der Waals surface area contributed by atoms with Gasteiger partial charge in [0.05, 0.1) is 28.0 Å². The third-order valence-corrected chi connectivity index (χ3v) is 4.78. The van der Waals surface area contributed by atoms with Crippen LogP contribution in [0.15, 0.2) is 50.1 Å². The maximum Gasteiger partial charge on any atom is 0.271 e. The van der Waals surface area contributed by atoms with Crippen molar-refractivity contribution in [1.82, 2.24) is 9.55 Å². The molecule has 0 amide bonds. The number of aromatic nitrogens is 2. The molecule has 1 aromatic heterocycles. The Labute approximate surface area is 158 Å². The number of halogens is 2. The first-order chi connectivity index (χ1) is 11.4. The summed E-state index contributed by atoms with van der Waals surface area (Å²) in [7, 11) is 1.45. The van der Waals surface area contributed by atoms with Gasteiger partial charge < -0.3 is 9.72 Å². The van der Waals surface area contributed by atoms with Crippen LogP contribution in [0.5, 0.6) is 5.75 Å².